The number of nitrogens with two attached hydrogens (primary N) is 1. The predicted octanol–water partition coefficient (Wildman–Crippen LogP) is 4.61. The summed E-state index contributed by atoms with van der Waals surface area (Å²) in [7, 11) is 0. The van der Waals surface area contributed by atoms with Gasteiger partial charge in [-0.1, -0.05) is 17.7 Å². The molecule has 1 atom stereocenters. The van der Waals surface area contributed by atoms with Gasteiger partial charge in [0.15, 0.2) is 0 Å². The van der Waals surface area contributed by atoms with Crippen LogP contribution in [0.4, 0.5) is 17.6 Å². The van der Waals surface area contributed by atoms with E-state index in [0.717, 1.165) is 23.5 Å². The lowest BCUT2D eigenvalue weighted by atomic mass is 9.98. The smallest absolute Gasteiger partial charge is 0.320 e. The lowest BCUT2D eigenvalue weighted by Crippen LogP contribution is -2.19. The highest BCUT2D eigenvalue weighted by Gasteiger charge is 2.37. The topological polar surface area (TPSA) is 26.0 Å². The van der Waals surface area contributed by atoms with Gasteiger partial charge in [-0.2, -0.15) is 13.2 Å². The molecule has 1 heterocycles. The Bertz CT molecular complexity index is 580. The van der Waals surface area contributed by atoms with Crippen molar-refractivity contribution in [3.8, 4) is 0 Å². The zero-order valence-corrected chi connectivity index (χ0v) is 10.9. The Morgan fingerprint density at radius 2 is 1.89 bits per heavy atom. The van der Waals surface area contributed by atoms with Crippen LogP contribution in [0.1, 0.15) is 22.0 Å². The van der Waals surface area contributed by atoms with Gasteiger partial charge in [0, 0.05) is 10.4 Å². The summed E-state index contributed by atoms with van der Waals surface area (Å²) in [4.78, 5) is 0.437. The molecule has 0 aliphatic heterocycles. The maximum absolute atomic E-state index is 13.9. The van der Waals surface area contributed by atoms with Crippen LogP contribution in [0.2, 0.25) is 5.02 Å². The largest absolute Gasteiger partial charge is 0.416 e. The van der Waals surface area contributed by atoms with Crippen molar-refractivity contribution in [3.05, 3.63) is 56.5 Å². The average molecular weight is 310 g/mol. The van der Waals surface area contributed by atoms with Crippen LogP contribution in [0.15, 0.2) is 29.6 Å². The van der Waals surface area contributed by atoms with Crippen molar-refractivity contribution in [2.24, 2.45) is 5.73 Å². The first kappa shape index (κ1) is 14.3. The van der Waals surface area contributed by atoms with Crippen molar-refractivity contribution in [1.82, 2.24) is 0 Å². The first-order valence-electron chi connectivity index (χ1n) is 5.16. The van der Waals surface area contributed by atoms with Gasteiger partial charge in [0.1, 0.15) is 5.82 Å². The molecular formula is C12H8ClF4NS. The second-order valence-corrected chi connectivity index (χ2v) is 5.20. The number of benzene rings is 1. The van der Waals surface area contributed by atoms with Crippen LogP contribution in [0.3, 0.4) is 0 Å². The molecule has 0 aliphatic rings. The Hall–Kier alpha value is -1.11. The molecule has 0 unspecified atom stereocenters. The fourth-order valence-electron chi connectivity index (χ4n) is 1.73. The summed E-state index contributed by atoms with van der Waals surface area (Å²) in [6, 6.07) is 3.61. The van der Waals surface area contributed by atoms with Crippen LogP contribution in [0, 0.1) is 5.82 Å². The van der Waals surface area contributed by atoms with Gasteiger partial charge in [-0.3, -0.25) is 0 Å². The summed E-state index contributed by atoms with van der Waals surface area (Å²) in [6.45, 7) is 0. The molecule has 2 N–H and O–H groups in total. The second-order valence-electron chi connectivity index (χ2n) is 3.81. The van der Waals surface area contributed by atoms with E-state index in [0.29, 0.717) is 4.88 Å². The third kappa shape index (κ3) is 2.75. The van der Waals surface area contributed by atoms with E-state index in [9.17, 15) is 17.6 Å². The molecule has 19 heavy (non-hydrogen) atoms. The molecule has 1 nitrogen and oxygen atoms in total. The quantitative estimate of drug-likeness (QED) is 0.806. The molecule has 0 radical (unpaired) electrons. The number of rotatable bonds is 2. The van der Waals surface area contributed by atoms with Crippen molar-refractivity contribution < 1.29 is 17.6 Å². The molecule has 0 fully saturated rings. The van der Waals surface area contributed by atoms with E-state index in [1.165, 1.54) is 0 Å². The second kappa shape index (κ2) is 5.11. The highest BCUT2D eigenvalue weighted by molar-refractivity contribution is 7.10. The summed E-state index contributed by atoms with van der Waals surface area (Å²) >= 11 is 6.70. The Kier molecular flexibility index (Phi) is 3.85. The van der Waals surface area contributed by atoms with Crippen molar-refractivity contribution in [1.29, 1.82) is 0 Å². The normalized spacial score (nSPS) is 13.6. The fourth-order valence-corrected chi connectivity index (χ4v) is 2.63. The molecule has 0 spiro atoms. The average Bonchev–Trinajstić information content (AvgIpc) is 2.83. The Labute approximate surface area is 115 Å². The lowest BCUT2D eigenvalue weighted by Gasteiger charge is -2.18. The van der Waals surface area contributed by atoms with Crippen LogP contribution < -0.4 is 5.73 Å². The Morgan fingerprint density at radius 3 is 2.42 bits per heavy atom. The van der Waals surface area contributed by atoms with Gasteiger partial charge >= 0.3 is 6.18 Å². The molecule has 1 aromatic heterocycles. The maximum Gasteiger partial charge on any atom is 0.416 e. The summed E-state index contributed by atoms with van der Waals surface area (Å²) in [5, 5.41) is 1.28. The first-order chi connectivity index (χ1) is 8.82. The Balaban J connectivity index is 2.63. The molecule has 0 amide bonds. The molecule has 102 valence electrons. The zero-order valence-electron chi connectivity index (χ0n) is 9.34. The molecule has 2 rings (SSSR count). The van der Waals surface area contributed by atoms with Gasteiger partial charge in [-0.25, -0.2) is 4.39 Å². The molecule has 0 saturated carbocycles. The van der Waals surface area contributed by atoms with Crippen LogP contribution in [0.5, 0.6) is 0 Å². The van der Waals surface area contributed by atoms with Crippen molar-refractivity contribution >= 4 is 22.9 Å². The van der Waals surface area contributed by atoms with Crippen LogP contribution in [-0.4, -0.2) is 0 Å². The van der Waals surface area contributed by atoms with Crippen LogP contribution >= 0.6 is 22.9 Å². The van der Waals surface area contributed by atoms with E-state index in [-0.39, 0.29) is 5.02 Å². The minimum absolute atomic E-state index is 0.380. The minimum Gasteiger partial charge on any atom is -0.320 e. The lowest BCUT2D eigenvalue weighted by molar-refractivity contribution is -0.138. The van der Waals surface area contributed by atoms with Gasteiger partial charge in [0.25, 0.3) is 0 Å². The SMILES string of the molecule is N[C@@H](c1cccs1)c1c(C(F)(F)F)ccc(Cl)c1F. The standard InChI is InChI=1S/C12H8ClF4NS/c13-7-4-3-6(12(15,16)17)9(10(7)14)11(18)8-2-1-5-19-8/h1-5,11H,18H2/t11-/m0/s1. The summed E-state index contributed by atoms with van der Waals surface area (Å²) in [5.74, 6) is -1.13. The molecule has 2 aromatic rings. The monoisotopic (exact) mass is 309 g/mol. The van der Waals surface area contributed by atoms with Crippen LogP contribution in [0.25, 0.3) is 0 Å². The van der Waals surface area contributed by atoms with E-state index in [1.54, 1.807) is 17.5 Å². The molecule has 1 aromatic carbocycles. The van der Waals surface area contributed by atoms with Crippen LogP contribution in [-0.2, 0) is 6.18 Å². The molecule has 0 aliphatic carbocycles. The fraction of sp³-hybridized carbons (Fsp3) is 0.167. The molecule has 0 saturated heterocycles. The zero-order chi connectivity index (χ0) is 14.2. The first-order valence-corrected chi connectivity index (χ1v) is 6.42. The van der Waals surface area contributed by atoms with E-state index >= 15 is 0 Å². The third-order valence-electron chi connectivity index (χ3n) is 2.60. The van der Waals surface area contributed by atoms with Crippen molar-refractivity contribution in [2.75, 3.05) is 0 Å². The number of halogens is 5. The highest BCUT2D eigenvalue weighted by atomic mass is 35.5. The number of alkyl halides is 3. The maximum atomic E-state index is 13.9. The summed E-state index contributed by atoms with van der Waals surface area (Å²) < 4.78 is 52.6. The minimum atomic E-state index is -4.68. The summed E-state index contributed by atoms with van der Waals surface area (Å²) in [5.41, 5.74) is 4.02. The van der Waals surface area contributed by atoms with E-state index in [2.05, 4.69) is 0 Å². The van der Waals surface area contributed by atoms with Crippen molar-refractivity contribution in [2.45, 2.75) is 12.2 Å². The van der Waals surface area contributed by atoms with E-state index in [1.807, 2.05) is 0 Å². The van der Waals surface area contributed by atoms with E-state index in [4.69, 9.17) is 17.3 Å². The third-order valence-corrected chi connectivity index (χ3v) is 3.85. The van der Waals surface area contributed by atoms with Gasteiger partial charge < -0.3 is 5.73 Å². The molecule has 0 bridgehead atoms. The number of thiophene rings is 1. The Morgan fingerprint density at radius 1 is 1.21 bits per heavy atom. The molecular weight excluding hydrogens is 302 g/mol. The predicted molar refractivity (Wildman–Crippen MR) is 66.8 cm³/mol. The molecule has 7 heteroatoms. The highest BCUT2D eigenvalue weighted by Crippen LogP contribution is 2.39. The van der Waals surface area contributed by atoms with Gasteiger partial charge in [-0.15, -0.1) is 11.3 Å². The number of hydrogen-bond acceptors (Lipinski definition) is 2. The van der Waals surface area contributed by atoms with E-state index < -0.39 is 29.2 Å². The van der Waals surface area contributed by atoms with Gasteiger partial charge in [0.2, 0.25) is 0 Å². The summed E-state index contributed by atoms with van der Waals surface area (Å²) in [6.07, 6.45) is -4.68. The van der Waals surface area contributed by atoms with Gasteiger partial charge in [-0.05, 0) is 23.6 Å². The van der Waals surface area contributed by atoms with Crippen molar-refractivity contribution in [3.63, 3.8) is 0 Å². The van der Waals surface area contributed by atoms with Gasteiger partial charge in [0.05, 0.1) is 16.6 Å². The number of hydrogen-bond donors (Lipinski definition) is 1.